The van der Waals surface area contributed by atoms with E-state index in [1.807, 2.05) is 6.07 Å². The molecule has 0 bridgehead atoms. The lowest BCUT2D eigenvalue weighted by atomic mass is 10.1. The first-order chi connectivity index (χ1) is 11.6. The SMILES string of the molecule is O=C(NC[C@H](c1ccco1)N1CCCC1)c1cc(F)c(F)cc1Cl. The van der Waals surface area contributed by atoms with Crippen LogP contribution >= 0.6 is 11.6 Å². The van der Waals surface area contributed by atoms with Gasteiger partial charge in [0, 0.05) is 6.54 Å². The zero-order valence-electron chi connectivity index (χ0n) is 12.9. The number of carbonyl (C=O) groups is 1. The van der Waals surface area contributed by atoms with Gasteiger partial charge in [-0.2, -0.15) is 0 Å². The highest BCUT2D eigenvalue weighted by atomic mass is 35.5. The van der Waals surface area contributed by atoms with Crippen molar-refractivity contribution in [1.29, 1.82) is 0 Å². The van der Waals surface area contributed by atoms with E-state index in [9.17, 15) is 13.6 Å². The van der Waals surface area contributed by atoms with E-state index in [1.54, 1.807) is 12.3 Å². The van der Waals surface area contributed by atoms with E-state index in [1.165, 1.54) is 0 Å². The fourth-order valence-corrected chi connectivity index (χ4v) is 3.16. The molecular weight excluding hydrogens is 338 g/mol. The number of benzene rings is 1. The monoisotopic (exact) mass is 354 g/mol. The van der Waals surface area contributed by atoms with Crippen LogP contribution in [-0.4, -0.2) is 30.4 Å². The molecule has 0 aliphatic carbocycles. The molecule has 2 heterocycles. The number of amides is 1. The predicted molar refractivity (Wildman–Crippen MR) is 86.0 cm³/mol. The van der Waals surface area contributed by atoms with Crippen molar-refractivity contribution in [2.24, 2.45) is 0 Å². The van der Waals surface area contributed by atoms with Crippen LogP contribution in [0.1, 0.15) is 35.0 Å². The van der Waals surface area contributed by atoms with Gasteiger partial charge in [-0.1, -0.05) is 11.6 Å². The Bertz CT molecular complexity index is 716. The summed E-state index contributed by atoms with van der Waals surface area (Å²) in [6.07, 6.45) is 3.78. The minimum atomic E-state index is -1.10. The van der Waals surface area contributed by atoms with Gasteiger partial charge in [-0.25, -0.2) is 8.78 Å². The molecule has 1 fully saturated rings. The van der Waals surface area contributed by atoms with Gasteiger partial charge in [-0.3, -0.25) is 9.69 Å². The molecule has 1 amide bonds. The zero-order chi connectivity index (χ0) is 17.1. The molecule has 3 rings (SSSR count). The van der Waals surface area contributed by atoms with E-state index in [0.717, 1.165) is 43.8 Å². The summed E-state index contributed by atoms with van der Waals surface area (Å²) in [6.45, 7) is 2.14. The van der Waals surface area contributed by atoms with Crippen LogP contribution in [0.15, 0.2) is 34.9 Å². The van der Waals surface area contributed by atoms with Crippen LogP contribution in [0.4, 0.5) is 8.78 Å². The molecule has 24 heavy (non-hydrogen) atoms. The maximum Gasteiger partial charge on any atom is 0.252 e. The van der Waals surface area contributed by atoms with Crippen LogP contribution in [0, 0.1) is 11.6 Å². The number of nitrogens with zero attached hydrogens (tertiary/aromatic N) is 1. The molecule has 1 aromatic heterocycles. The molecule has 1 saturated heterocycles. The van der Waals surface area contributed by atoms with Crippen LogP contribution < -0.4 is 5.32 Å². The molecule has 7 heteroatoms. The summed E-state index contributed by atoms with van der Waals surface area (Å²) in [6, 6.07) is 5.17. The summed E-state index contributed by atoms with van der Waals surface area (Å²) in [5.41, 5.74) is -0.0878. The van der Waals surface area contributed by atoms with E-state index in [0.29, 0.717) is 6.54 Å². The fraction of sp³-hybridized carbons (Fsp3) is 0.353. The van der Waals surface area contributed by atoms with Gasteiger partial charge in [0.25, 0.3) is 5.91 Å². The second kappa shape index (κ2) is 7.32. The first kappa shape index (κ1) is 16.9. The summed E-state index contributed by atoms with van der Waals surface area (Å²) in [5, 5.41) is 2.61. The molecule has 1 atom stereocenters. The molecule has 1 N–H and O–H groups in total. The van der Waals surface area contributed by atoms with Crippen molar-refractivity contribution < 1.29 is 18.0 Å². The lowest BCUT2D eigenvalue weighted by Gasteiger charge is -2.26. The van der Waals surface area contributed by atoms with E-state index >= 15 is 0 Å². The Balaban J connectivity index is 1.72. The van der Waals surface area contributed by atoms with Crippen LogP contribution in [-0.2, 0) is 0 Å². The maximum absolute atomic E-state index is 13.4. The third kappa shape index (κ3) is 3.60. The Morgan fingerprint density at radius 1 is 1.29 bits per heavy atom. The lowest BCUT2D eigenvalue weighted by molar-refractivity contribution is 0.0933. The molecule has 2 aromatic rings. The number of carbonyl (C=O) groups excluding carboxylic acids is 1. The largest absolute Gasteiger partial charge is 0.468 e. The topological polar surface area (TPSA) is 45.5 Å². The molecule has 1 aliphatic rings. The summed E-state index contributed by atoms with van der Waals surface area (Å²) in [4.78, 5) is 14.5. The van der Waals surface area contributed by atoms with Crippen LogP contribution in [0.3, 0.4) is 0 Å². The van der Waals surface area contributed by atoms with Crippen molar-refractivity contribution in [3.63, 3.8) is 0 Å². The number of furan rings is 1. The Labute approximate surface area is 143 Å². The van der Waals surface area contributed by atoms with Crippen molar-refractivity contribution >= 4 is 17.5 Å². The number of likely N-dealkylation sites (tertiary alicyclic amines) is 1. The Morgan fingerprint density at radius 2 is 2.00 bits per heavy atom. The standard InChI is InChI=1S/C17H17ClF2N2O2/c18-12-9-14(20)13(19)8-11(12)17(23)21-10-15(16-4-3-7-24-16)22-5-1-2-6-22/h3-4,7-9,15H,1-2,5-6,10H2,(H,21,23)/t15-/m1/s1. The van der Waals surface area contributed by atoms with Crippen molar-refractivity contribution in [3.8, 4) is 0 Å². The Hall–Kier alpha value is -1.92. The number of halogens is 3. The van der Waals surface area contributed by atoms with Gasteiger partial charge in [0.2, 0.25) is 0 Å². The van der Waals surface area contributed by atoms with E-state index < -0.39 is 17.5 Å². The summed E-state index contributed by atoms with van der Waals surface area (Å²) in [5.74, 6) is -1.98. The molecule has 0 unspecified atom stereocenters. The number of nitrogens with one attached hydrogen (secondary N) is 1. The first-order valence-corrected chi connectivity index (χ1v) is 8.14. The summed E-state index contributed by atoms with van der Waals surface area (Å²) < 4.78 is 31.9. The first-order valence-electron chi connectivity index (χ1n) is 7.76. The highest BCUT2D eigenvalue weighted by Gasteiger charge is 2.26. The maximum atomic E-state index is 13.4. The van der Waals surface area contributed by atoms with E-state index in [4.69, 9.17) is 16.0 Å². The van der Waals surface area contributed by atoms with Crippen LogP contribution in [0.25, 0.3) is 0 Å². The number of rotatable bonds is 5. The quantitative estimate of drug-likeness (QED) is 0.831. The Morgan fingerprint density at radius 3 is 2.67 bits per heavy atom. The van der Waals surface area contributed by atoms with Gasteiger partial charge in [-0.15, -0.1) is 0 Å². The number of hydrogen-bond acceptors (Lipinski definition) is 3. The molecule has 1 aliphatic heterocycles. The predicted octanol–water partition coefficient (Wildman–Crippen LogP) is 3.78. The molecule has 0 saturated carbocycles. The van der Waals surface area contributed by atoms with E-state index in [2.05, 4.69) is 10.2 Å². The second-order valence-electron chi connectivity index (χ2n) is 5.73. The minimum absolute atomic E-state index is 0.0878. The summed E-state index contributed by atoms with van der Waals surface area (Å²) >= 11 is 5.84. The third-order valence-electron chi connectivity index (χ3n) is 4.16. The van der Waals surface area contributed by atoms with Gasteiger partial charge in [0.1, 0.15) is 5.76 Å². The van der Waals surface area contributed by atoms with Crippen molar-refractivity contribution in [1.82, 2.24) is 10.2 Å². The molecule has 128 valence electrons. The minimum Gasteiger partial charge on any atom is -0.468 e. The molecular formula is C17H17ClF2N2O2. The molecule has 0 radical (unpaired) electrons. The van der Waals surface area contributed by atoms with Gasteiger partial charge in [-0.05, 0) is 50.2 Å². The van der Waals surface area contributed by atoms with Gasteiger partial charge < -0.3 is 9.73 Å². The normalized spacial score (nSPS) is 16.3. The van der Waals surface area contributed by atoms with Gasteiger partial charge in [0.15, 0.2) is 11.6 Å². The van der Waals surface area contributed by atoms with Crippen molar-refractivity contribution in [3.05, 3.63) is 58.5 Å². The second-order valence-corrected chi connectivity index (χ2v) is 6.14. The fourth-order valence-electron chi connectivity index (χ4n) is 2.92. The van der Waals surface area contributed by atoms with Crippen molar-refractivity contribution in [2.75, 3.05) is 19.6 Å². The van der Waals surface area contributed by atoms with Crippen LogP contribution in [0.2, 0.25) is 5.02 Å². The van der Waals surface area contributed by atoms with Crippen molar-refractivity contribution in [2.45, 2.75) is 18.9 Å². The zero-order valence-corrected chi connectivity index (χ0v) is 13.7. The average Bonchev–Trinajstić information content (AvgIpc) is 3.25. The average molecular weight is 355 g/mol. The lowest BCUT2D eigenvalue weighted by Crippen LogP contribution is -2.36. The highest BCUT2D eigenvalue weighted by molar-refractivity contribution is 6.33. The van der Waals surface area contributed by atoms with Gasteiger partial charge >= 0.3 is 0 Å². The van der Waals surface area contributed by atoms with E-state index in [-0.39, 0.29) is 16.6 Å². The number of hydrogen-bond donors (Lipinski definition) is 1. The summed E-state index contributed by atoms with van der Waals surface area (Å²) in [7, 11) is 0. The molecule has 0 spiro atoms. The molecule has 4 nitrogen and oxygen atoms in total. The smallest absolute Gasteiger partial charge is 0.252 e. The molecule has 1 aromatic carbocycles. The Kier molecular flexibility index (Phi) is 5.16. The van der Waals surface area contributed by atoms with Gasteiger partial charge in [0.05, 0.1) is 22.9 Å². The highest BCUT2D eigenvalue weighted by Crippen LogP contribution is 2.25. The van der Waals surface area contributed by atoms with Crippen LogP contribution in [0.5, 0.6) is 0 Å². The third-order valence-corrected chi connectivity index (χ3v) is 4.48.